The maximum atomic E-state index is 13.0. The van der Waals surface area contributed by atoms with Crippen molar-refractivity contribution in [3.05, 3.63) is 22.4 Å². The summed E-state index contributed by atoms with van der Waals surface area (Å²) in [7, 11) is -0.791. The normalized spacial score (nSPS) is 21.1. The van der Waals surface area contributed by atoms with Crippen molar-refractivity contribution in [1.82, 2.24) is 10.2 Å². The van der Waals surface area contributed by atoms with E-state index in [1.807, 2.05) is 27.7 Å². The van der Waals surface area contributed by atoms with Gasteiger partial charge in [-0.25, -0.2) is 0 Å². The third-order valence-electron chi connectivity index (χ3n) is 4.38. The Morgan fingerprint density at radius 2 is 1.78 bits per heavy atom. The predicted molar refractivity (Wildman–Crippen MR) is 81.4 cm³/mol. The van der Waals surface area contributed by atoms with Crippen LogP contribution in [0, 0.1) is 6.92 Å². The highest BCUT2D eigenvalue weighted by Crippen LogP contribution is 2.39. The molecule has 0 bridgehead atoms. The molecule has 9 heteroatoms. The fourth-order valence-electron chi connectivity index (χ4n) is 2.23. The molecule has 5 nitrogen and oxygen atoms in total. The second-order valence-corrected chi connectivity index (χ2v) is 6.62. The highest BCUT2D eigenvalue weighted by atomic mass is 19.4. The van der Waals surface area contributed by atoms with Gasteiger partial charge >= 0.3 is 13.3 Å². The van der Waals surface area contributed by atoms with Crippen molar-refractivity contribution in [3.63, 3.8) is 0 Å². The second-order valence-electron chi connectivity index (χ2n) is 6.62. The van der Waals surface area contributed by atoms with Crippen LogP contribution in [0.1, 0.15) is 44.6 Å². The topological polar surface area (TPSA) is 73.2 Å². The van der Waals surface area contributed by atoms with Crippen LogP contribution in [-0.4, -0.2) is 35.1 Å². The van der Waals surface area contributed by atoms with E-state index >= 15 is 0 Å². The summed E-state index contributed by atoms with van der Waals surface area (Å²) in [6.07, 6.45) is -3.20. The molecule has 2 rings (SSSR count). The van der Waals surface area contributed by atoms with Crippen LogP contribution >= 0.6 is 0 Å². The molecule has 0 spiro atoms. The molecule has 1 aliphatic rings. The largest absolute Gasteiger partial charge is 0.491 e. The number of halogens is 3. The maximum Gasteiger partial charge on any atom is 0.491 e. The lowest BCUT2D eigenvalue weighted by Crippen LogP contribution is -2.41. The molecule has 0 unspecified atom stereocenters. The van der Waals surface area contributed by atoms with Gasteiger partial charge in [0, 0.05) is 17.8 Å². The van der Waals surface area contributed by atoms with Gasteiger partial charge in [-0.3, -0.25) is 5.10 Å². The summed E-state index contributed by atoms with van der Waals surface area (Å²) < 4.78 is 50.8. The number of alkyl halides is 3. The maximum absolute atomic E-state index is 13.0. The SMILES string of the molecule is Cc1[nH]nc(C(F)(F)F)c1C=C(CN)B1OC(C)(C)C(C)(C)O1. The molecular formula is C14H21BF3N3O2. The molecule has 23 heavy (non-hydrogen) atoms. The quantitative estimate of drug-likeness (QED) is 0.836. The zero-order chi connectivity index (χ0) is 17.6. The highest BCUT2D eigenvalue weighted by molar-refractivity contribution is 6.55. The number of nitrogens with zero attached hydrogens (tertiary/aromatic N) is 1. The first-order valence-electron chi connectivity index (χ1n) is 7.27. The number of H-pyrrole nitrogens is 1. The number of rotatable bonds is 3. The average Bonchev–Trinajstić information content (AvgIpc) is 2.84. The minimum absolute atomic E-state index is 0.0126. The summed E-state index contributed by atoms with van der Waals surface area (Å²) in [5.41, 5.74) is 4.24. The lowest BCUT2D eigenvalue weighted by molar-refractivity contribution is -0.141. The molecule has 0 amide bonds. The molecule has 0 radical (unpaired) electrons. The van der Waals surface area contributed by atoms with Crippen molar-refractivity contribution in [2.75, 3.05) is 6.54 Å². The first-order valence-corrected chi connectivity index (χ1v) is 7.27. The highest BCUT2D eigenvalue weighted by Gasteiger charge is 2.52. The zero-order valence-electron chi connectivity index (χ0n) is 13.8. The lowest BCUT2D eigenvalue weighted by atomic mass is 9.77. The van der Waals surface area contributed by atoms with Crippen LogP contribution in [0.15, 0.2) is 5.47 Å². The number of hydrogen-bond donors (Lipinski definition) is 2. The molecule has 3 N–H and O–H groups in total. The van der Waals surface area contributed by atoms with Crippen LogP contribution in [0.4, 0.5) is 13.2 Å². The summed E-state index contributed by atoms with van der Waals surface area (Å²) >= 11 is 0. The van der Waals surface area contributed by atoms with E-state index in [4.69, 9.17) is 15.0 Å². The van der Waals surface area contributed by atoms with Crippen LogP contribution in [0.5, 0.6) is 0 Å². The summed E-state index contributed by atoms with van der Waals surface area (Å²) in [6.45, 7) is 9.00. The van der Waals surface area contributed by atoms with E-state index in [2.05, 4.69) is 10.2 Å². The van der Waals surface area contributed by atoms with Crippen LogP contribution in [-0.2, 0) is 15.5 Å². The van der Waals surface area contributed by atoms with Gasteiger partial charge < -0.3 is 15.0 Å². The van der Waals surface area contributed by atoms with E-state index in [1.54, 1.807) is 0 Å². The van der Waals surface area contributed by atoms with Crippen molar-refractivity contribution in [3.8, 4) is 0 Å². The lowest BCUT2D eigenvalue weighted by Gasteiger charge is -2.32. The van der Waals surface area contributed by atoms with Gasteiger partial charge in [0.05, 0.1) is 11.2 Å². The Balaban J connectivity index is 2.41. The summed E-state index contributed by atoms with van der Waals surface area (Å²) in [5.74, 6) is 0. The third-order valence-corrected chi connectivity index (χ3v) is 4.38. The van der Waals surface area contributed by atoms with E-state index in [-0.39, 0.29) is 12.1 Å². The predicted octanol–water partition coefficient (Wildman–Crippen LogP) is 2.71. The Hall–Kier alpha value is -1.32. The van der Waals surface area contributed by atoms with Gasteiger partial charge in [-0.05, 0) is 40.1 Å². The van der Waals surface area contributed by atoms with Crippen molar-refractivity contribution in [2.45, 2.75) is 52.0 Å². The van der Waals surface area contributed by atoms with E-state index in [0.29, 0.717) is 11.2 Å². The van der Waals surface area contributed by atoms with Crippen molar-refractivity contribution in [2.24, 2.45) is 5.73 Å². The van der Waals surface area contributed by atoms with E-state index < -0.39 is 30.2 Å². The fourth-order valence-corrected chi connectivity index (χ4v) is 2.23. The summed E-state index contributed by atoms with van der Waals surface area (Å²) in [4.78, 5) is 0. The first kappa shape index (κ1) is 18.0. The van der Waals surface area contributed by atoms with E-state index in [0.717, 1.165) is 0 Å². The smallest absolute Gasteiger partial charge is 0.400 e. The Labute approximate surface area is 133 Å². The molecule has 0 atom stereocenters. The van der Waals surface area contributed by atoms with Gasteiger partial charge in [0.2, 0.25) is 0 Å². The van der Waals surface area contributed by atoms with Gasteiger partial charge in [-0.1, -0.05) is 6.08 Å². The van der Waals surface area contributed by atoms with E-state index in [9.17, 15) is 13.2 Å². The number of nitrogens with two attached hydrogens (primary N) is 1. The minimum Gasteiger partial charge on any atom is -0.400 e. The fraction of sp³-hybridized carbons (Fsp3) is 0.643. The molecule has 2 heterocycles. The van der Waals surface area contributed by atoms with Gasteiger partial charge in [-0.2, -0.15) is 18.3 Å². The zero-order valence-corrected chi connectivity index (χ0v) is 13.8. The van der Waals surface area contributed by atoms with Crippen LogP contribution in [0.3, 0.4) is 0 Å². The number of aromatic nitrogens is 2. The molecule has 0 saturated carbocycles. The van der Waals surface area contributed by atoms with Crippen molar-refractivity contribution >= 4 is 13.2 Å². The molecule has 1 aromatic rings. The minimum atomic E-state index is -4.55. The number of aryl methyl sites for hydroxylation is 1. The molecule has 1 saturated heterocycles. The monoisotopic (exact) mass is 331 g/mol. The summed E-state index contributed by atoms with van der Waals surface area (Å²) in [5, 5.41) is 5.70. The van der Waals surface area contributed by atoms with Crippen molar-refractivity contribution in [1.29, 1.82) is 0 Å². The van der Waals surface area contributed by atoms with Crippen LogP contribution in [0.2, 0.25) is 0 Å². The number of aromatic amines is 1. The summed E-state index contributed by atoms with van der Waals surface area (Å²) in [6, 6.07) is 0. The Morgan fingerprint density at radius 3 is 2.22 bits per heavy atom. The van der Waals surface area contributed by atoms with Gasteiger partial charge in [0.25, 0.3) is 0 Å². The van der Waals surface area contributed by atoms with Crippen LogP contribution < -0.4 is 5.73 Å². The molecular weight excluding hydrogens is 310 g/mol. The van der Waals surface area contributed by atoms with E-state index in [1.165, 1.54) is 13.0 Å². The Kier molecular flexibility index (Phi) is 4.42. The average molecular weight is 331 g/mol. The molecule has 1 fully saturated rings. The molecule has 128 valence electrons. The molecule has 0 aromatic carbocycles. The second kappa shape index (κ2) is 5.64. The van der Waals surface area contributed by atoms with Crippen molar-refractivity contribution < 1.29 is 22.5 Å². The Morgan fingerprint density at radius 1 is 1.26 bits per heavy atom. The van der Waals surface area contributed by atoms with Crippen LogP contribution in [0.25, 0.3) is 6.08 Å². The number of nitrogens with one attached hydrogen (secondary N) is 1. The molecule has 0 aliphatic carbocycles. The standard InChI is InChI=1S/C14H21BF3N3O2/c1-8-10(11(21-20-8)14(16,17)18)6-9(7-19)15-22-12(2,3)13(4,5)23-15/h6H,7,19H2,1-5H3,(H,20,21). The Bertz CT molecular complexity index is 607. The van der Waals surface area contributed by atoms with Gasteiger partial charge in [0.1, 0.15) is 0 Å². The molecule has 1 aromatic heterocycles. The number of hydrogen-bond acceptors (Lipinski definition) is 4. The van der Waals surface area contributed by atoms with Gasteiger partial charge in [-0.15, -0.1) is 0 Å². The van der Waals surface area contributed by atoms with Gasteiger partial charge in [0.15, 0.2) is 5.69 Å². The third kappa shape index (κ3) is 3.31. The first-order chi connectivity index (χ1) is 10.4. The molecule has 1 aliphatic heterocycles.